The largest absolute Gasteiger partial charge is 0.360 e. The Hall–Kier alpha value is -0.510. The fraction of sp³-hybridized carbons (Fsp3) is 0.300. The van der Waals surface area contributed by atoms with Crippen LogP contribution in [0.4, 0.5) is 5.69 Å². The molecule has 1 aliphatic rings. The molecule has 0 aromatic heterocycles. The van der Waals surface area contributed by atoms with Gasteiger partial charge >= 0.3 is 0 Å². The van der Waals surface area contributed by atoms with E-state index >= 15 is 0 Å². The minimum atomic E-state index is 0.499. The van der Waals surface area contributed by atoms with Crippen molar-refractivity contribution in [2.45, 2.75) is 18.9 Å². The molecule has 0 bridgehead atoms. The maximum Gasteiger partial charge on any atom is 0.171 e. The Morgan fingerprint density at radius 1 is 1.33 bits per heavy atom. The molecule has 0 spiro atoms. The van der Waals surface area contributed by atoms with E-state index in [1.54, 1.807) is 6.07 Å². The number of halogens is 2. The quantitative estimate of drug-likeness (QED) is 0.797. The highest BCUT2D eigenvalue weighted by Crippen LogP contribution is 2.29. The van der Waals surface area contributed by atoms with E-state index in [2.05, 4.69) is 10.6 Å². The second kappa shape index (κ2) is 4.56. The van der Waals surface area contributed by atoms with Gasteiger partial charge in [0.15, 0.2) is 5.11 Å². The molecule has 0 aliphatic heterocycles. The van der Waals surface area contributed by atoms with Crippen LogP contribution in [0, 0.1) is 0 Å². The molecular formula is C10H10Cl2N2S. The zero-order valence-electron chi connectivity index (χ0n) is 7.89. The fourth-order valence-electron chi connectivity index (χ4n) is 1.17. The first-order valence-electron chi connectivity index (χ1n) is 4.68. The van der Waals surface area contributed by atoms with Crippen LogP contribution in [0.25, 0.3) is 0 Å². The SMILES string of the molecule is S=C(Nc1cccc(Cl)c1Cl)NC1CC1. The summed E-state index contributed by atoms with van der Waals surface area (Å²) in [7, 11) is 0. The molecule has 1 aliphatic carbocycles. The number of thiocarbonyl (C=S) groups is 1. The van der Waals surface area contributed by atoms with Crippen molar-refractivity contribution >= 4 is 46.2 Å². The van der Waals surface area contributed by atoms with Gasteiger partial charge in [-0.2, -0.15) is 0 Å². The summed E-state index contributed by atoms with van der Waals surface area (Å²) in [6.45, 7) is 0. The standard InChI is InChI=1S/C10H10Cl2N2S/c11-7-2-1-3-8(9(7)12)14-10(15)13-6-4-5-6/h1-3,6H,4-5H2,(H2,13,14,15). The number of benzene rings is 1. The summed E-state index contributed by atoms with van der Waals surface area (Å²) >= 11 is 17.0. The van der Waals surface area contributed by atoms with Gasteiger partial charge in [0.1, 0.15) is 0 Å². The first-order valence-corrected chi connectivity index (χ1v) is 5.85. The van der Waals surface area contributed by atoms with Crippen molar-refractivity contribution in [3.63, 3.8) is 0 Å². The van der Waals surface area contributed by atoms with Crippen molar-refractivity contribution < 1.29 is 0 Å². The van der Waals surface area contributed by atoms with Gasteiger partial charge in [-0.1, -0.05) is 29.3 Å². The van der Waals surface area contributed by atoms with E-state index in [4.69, 9.17) is 35.4 Å². The molecule has 80 valence electrons. The second-order valence-electron chi connectivity index (χ2n) is 3.47. The average molecular weight is 261 g/mol. The lowest BCUT2D eigenvalue weighted by atomic mass is 10.3. The van der Waals surface area contributed by atoms with Crippen LogP contribution < -0.4 is 10.6 Å². The Balaban J connectivity index is 2.02. The van der Waals surface area contributed by atoms with Gasteiger partial charge in [0, 0.05) is 6.04 Å². The Morgan fingerprint density at radius 3 is 2.73 bits per heavy atom. The maximum atomic E-state index is 6.01. The van der Waals surface area contributed by atoms with E-state index in [-0.39, 0.29) is 0 Å². The van der Waals surface area contributed by atoms with Crippen molar-refractivity contribution in [2.75, 3.05) is 5.32 Å². The highest BCUT2D eigenvalue weighted by atomic mass is 35.5. The summed E-state index contributed by atoms with van der Waals surface area (Å²) in [5, 5.41) is 7.82. The van der Waals surface area contributed by atoms with E-state index in [0.717, 1.165) is 5.69 Å². The molecular weight excluding hydrogens is 251 g/mol. The molecule has 1 aromatic carbocycles. The lowest BCUT2D eigenvalue weighted by molar-refractivity contribution is 0.919. The molecule has 15 heavy (non-hydrogen) atoms. The van der Waals surface area contributed by atoms with Gasteiger partial charge in [0.2, 0.25) is 0 Å². The summed E-state index contributed by atoms with van der Waals surface area (Å²) in [6.07, 6.45) is 2.37. The minimum Gasteiger partial charge on any atom is -0.360 e. The third-order valence-corrected chi connectivity index (χ3v) is 3.15. The maximum absolute atomic E-state index is 6.01. The van der Waals surface area contributed by atoms with Crippen LogP contribution >= 0.6 is 35.4 Å². The van der Waals surface area contributed by atoms with Gasteiger partial charge in [0.05, 0.1) is 15.7 Å². The second-order valence-corrected chi connectivity index (χ2v) is 4.67. The number of nitrogens with one attached hydrogen (secondary N) is 2. The predicted molar refractivity (Wildman–Crippen MR) is 68.8 cm³/mol. The van der Waals surface area contributed by atoms with Gasteiger partial charge in [-0.05, 0) is 37.2 Å². The molecule has 0 saturated heterocycles. The van der Waals surface area contributed by atoms with Crippen LogP contribution in [-0.2, 0) is 0 Å². The summed E-state index contributed by atoms with van der Waals surface area (Å²) in [5.74, 6) is 0. The lowest BCUT2D eigenvalue weighted by Gasteiger charge is -2.11. The number of hydrogen-bond donors (Lipinski definition) is 2. The van der Waals surface area contributed by atoms with Crippen molar-refractivity contribution in [1.82, 2.24) is 5.32 Å². The van der Waals surface area contributed by atoms with Gasteiger partial charge in [-0.3, -0.25) is 0 Å². The summed E-state index contributed by atoms with van der Waals surface area (Å²) in [6, 6.07) is 5.95. The summed E-state index contributed by atoms with van der Waals surface area (Å²) in [4.78, 5) is 0. The third kappa shape index (κ3) is 2.97. The monoisotopic (exact) mass is 260 g/mol. The van der Waals surface area contributed by atoms with Crippen LogP contribution in [0.15, 0.2) is 18.2 Å². The first-order chi connectivity index (χ1) is 7.16. The smallest absolute Gasteiger partial charge is 0.171 e. The van der Waals surface area contributed by atoms with Gasteiger partial charge in [-0.25, -0.2) is 0 Å². The number of anilines is 1. The summed E-state index contributed by atoms with van der Waals surface area (Å²) < 4.78 is 0. The van der Waals surface area contributed by atoms with E-state index in [9.17, 15) is 0 Å². The van der Waals surface area contributed by atoms with Crippen LogP contribution in [0.2, 0.25) is 10.0 Å². The molecule has 1 fully saturated rings. The zero-order chi connectivity index (χ0) is 10.8. The summed E-state index contributed by atoms with van der Waals surface area (Å²) in [5.41, 5.74) is 0.738. The molecule has 0 amide bonds. The molecule has 5 heteroatoms. The third-order valence-electron chi connectivity index (χ3n) is 2.11. The topological polar surface area (TPSA) is 24.1 Å². The number of rotatable bonds is 2. The molecule has 0 atom stereocenters. The highest BCUT2D eigenvalue weighted by molar-refractivity contribution is 7.80. The first kappa shape index (κ1) is 11.0. The predicted octanol–water partition coefficient (Wildman–Crippen LogP) is 3.44. The van der Waals surface area contributed by atoms with Crippen molar-refractivity contribution in [2.24, 2.45) is 0 Å². The molecule has 2 nitrogen and oxygen atoms in total. The van der Waals surface area contributed by atoms with Crippen LogP contribution in [0.3, 0.4) is 0 Å². The van der Waals surface area contributed by atoms with Crippen LogP contribution in [0.1, 0.15) is 12.8 Å². The zero-order valence-corrected chi connectivity index (χ0v) is 10.2. The van der Waals surface area contributed by atoms with Crippen molar-refractivity contribution in [3.05, 3.63) is 28.2 Å². The molecule has 0 radical (unpaired) electrons. The van der Waals surface area contributed by atoms with E-state index in [1.807, 2.05) is 12.1 Å². The van der Waals surface area contributed by atoms with E-state index in [0.29, 0.717) is 21.2 Å². The molecule has 2 rings (SSSR count). The minimum absolute atomic E-state index is 0.499. The highest BCUT2D eigenvalue weighted by Gasteiger charge is 2.21. The van der Waals surface area contributed by atoms with E-state index < -0.39 is 0 Å². The normalized spacial score (nSPS) is 14.8. The van der Waals surface area contributed by atoms with Crippen molar-refractivity contribution in [3.8, 4) is 0 Å². The Kier molecular flexibility index (Phi) is 3.34. The van der Waals surface area contributed by atoms with Crippen molar-refractivity contribution in [1.29, 1.82) is 0 Å². The van der Waals surface area contributed by atoms with Gasteiger partial charge in [-0.15, -0.1) is 0 Å². The molecule has 0 unspecified atom stereocenters. The average Bonchev–Trinajstić information content (AvgIpc) is 2.97. The van der Waals surface area contributed by atoms with E-state index in [1.165, 1.54) is 12.8 Å². The van der Waals surface area contributed by atoms with Gasteiger partial charge < -0.3 is 10.6 Å². The fourth-order valence-corrected chi connectivity index (χ4v) is 1.80. The molecule has 0 heterocycles. The van der Waals surface area contributed by atoms with Gasteiger partial charge in [0.25, 0.3) is 0 Å². The molecule has 1 saturated carbocycles. The molecule has 1 aromatic rings. The number of hydrogen-bond acceptors (Lipinski definition) is 1. The van der Waals surface area contributed by atoms with Crippen LogP contribution in [-0.4, -0.2) is 11.2 Å². The van der Waals surface area contributed by atoms with Crippen LogP contribution in [0.5, 0.6) is 0 Å². The Morgan fingerprint density at radius 2 is 2.07 bits per heavy atom. The Bertz CT molecular complexity index is 391. The lowest BCUT2D eigenvalue weighted by Crippen LogP contribution is -2.30. The molecule has 2 N–H and O–H groups in total. The Labute approximate surface area is 104 Å².